The zero-order chi connectivity index (χ0) is 22.6. The molecule has 0 radical (unpaired) electrons. The van der Waals surface area contributed by atoms with Gasteiger partial charge in [0.1, 0.15) is 6.10 Å². The second kappa shape index (κ2) is 8.18. The third kappa shape index (κ3) is 3.49. The van der Waals surface area contributed by atoms with Gasteiger partial charge in [-0.05, 0) is 49.8 Å². The summed E-state index contributed by atoms with van der Waals surface area (Å²) in [6, 6.07) is 6.64. The maximum atomic E-state index is 12.9. The number of esters is 1. The predicted octanol–water partition coefficient (Wildman–Crippen LogP) is 3.71. The van der Waals surface area contributed by atoms with Crippen LogP contribution in [0.5, 0.6) is 0 Å². The number of piperazine rings is 1. The van der Waals surface area contributed by atoms with Crippen LogP contribution < -0.4 is 4.90 Å². The van der Waals surface area contributed by atoms with Crippen LogP contribution >= 0.6 is 0 Å². The SMILES string of the molecule is Cc1ccc(C)c(N2CCN(C[C@@H]3C(=O)O[C@@H]4CC5=CCC[C@@H](C)[C@@]5(C)[C@H](O)[C@@H]34)CC2)c1. The highest BCUT2D eigenvalue weighted by Crippen LogP contribution is 2.56. The van der Waals surface area contributed by atoms with Gasteiger partial charge in [0.05, 0.1) is 12.0 Å². The van der Waals surface area contributed by atoms with Gasteiger partial charge in [-0.2, -0.15) is 0 Å². The van der Waals surface area contributed by atoms with Gasteiger partial charge in [-0.1, -0.05) is 37.6 Å². The Bertz CT molecular complexity index is 919. The lowest BCUT2D eigenvalue weighted by Crippen LogP contribution is -2.55. The van der Waals surface area contributed by atoms with Crippen molar-refractivity contribution in [2.24, 2.45) is 23.2 Å². The highest BCUT2D eigenvalue weighted by Gasteiger charge is 2.59. The number of hydrogen-bond acceptors (Lipinski definition) is 5. The second-order valence-corrected chi connectivity index (χ2v) is 10.9. The first kappa shape index (κ1) is 22.0. The van der Waals surface area contributed by atoms with Gasteiger partial charge in [0, 0.05) is 56.2 Å². The summed E-state index contributed by atoms with van der Waals surface area (Å²) in [5.41, 5.74) is 5.01. The van der Waals surface area contributed by atoms with E-state index in [1.807, 2.05) is 0 Å². The number of ether oxygens (including phenoxy) is 1. The summed E-state index contributed by atoms with van der Waals surface area (Å²) in [7, 11) is 0. The molecule has 1 saturated carbocycles. The molecule has 1 aromatic carbocycles. The lowest BCUT2D eigenvalue weighted by molar-refractivity contribution is -0.145. The van der Waals surface area contributed by atoms with Crippen molar-refractivity contribution in [2.75, 3.05) is 37.6 Å². The van der Waals surface area contributed by atoms with E-state index >= 15 is 0 Å². The van der Waals surface area contributed by atoms with Crippen LogP contribution in [0.2, 0.25) is 0 Å². The Morgan fingerprint density at radius 1 is 1.19 bits per heavy atom. The van der Waals surface area contributed by atoms with E-state index in [0.717, 1.165) is 45.4 Å². The molecular formula is C27H38N2O3. The molecule has 2 heterocycles. The Morgan fingerprint density at radius 2 is 1.94 bits per heavy atom. The normalized spacial score (nSPS) is 37.5. The Labute approximate surface area is 192 Å². The summed E-state index contributed by atoms with van der Waals surface area (Å²) >= 11 is 0. The van der Waals surface area contributed by atoms with Crippen molar-refractivity contribution in [1.29, 1.82) is 0 Å². The van der Waals surface area contributed by atoms with Crippen molar-refractivity contribution in [3.63, 3.8) is 0 Å². The molecule has 5 heteroatoms. The number of anilines is 1. The molecule has 3 fully saturated rings. The minimum atomic E-state index is -0.518. The number of aliphatic hydroxyl groups excluding tert-OH is 1. The fourth-order valence-electron chi connectivity index (χ4n) is 6.78. The van der Waals surface area contributed by atoms with Crippen molar-refractivity contribution in [2.45, 2.75) is 59.2 Å². The minimum Gasteiger partial charge on any atom is -0.461 e. The van der Waals surface area contributed by atoms with Crippen LogP contribution in [-0.2, 0) is 9.53 Å². The average molecular weight is 439 g/mol. The molecule has 5 nitrogen and oxygen atoms in total. The summed E-state index contributed by atoms with van der Waals surface area (Å²) in [5.74, 6) is -0.000529. The number of rotatable bonds is 3. The topological polar surface area (TPSA) is 53.0 Å². The number of aliphatic hydroxyl groups is 1. The van der Waals surface area contributed by atoms with Gasteiger partial charge in [-0.25, -0.2) is 0 Å². The van der Waals surface area contributed by atoms with Gasteiger partial charge < -0.3 is 14.7 Å². The van der Waals surface area contributed by atoms with E-state index in [-0.39, 0.29) is 29.3 Å². The van der Waals surface area contributed by atoms with Crippen LogP contribution in [0.15, 0.2) is 29.8 Å². The maximum Gasteiger partial charge on any atom is 0.311 e. The van der Waals surface area contributed by atoms with Gasteiger partial charge >= 0.3 is 5.97 Å². The lowest BCUT2D eigenvalue weighted by Gasteiger charge is -2.52. The van der Waals surface area contributed by atoms with E-state index in [4.69, 9.17) is 4.74 Å². The molecule has 5 rings (SSSR count). The standard InChI is InChI=1S/C27H38N2O3/c1-17-8-9-18(2)22(14-17)29-12-10-28(11-13-29)16-21-24-23(32-26(21)31)15-20-7-5-6-19(3)27(20,4)25(24)30/h7-9,14,19,21,23-25,30H,5-6,10-13,15-16H2,1-4H3/t19-,21+,23-,24+,25-,27-/m1/s1. The van der Waals surface area contributed by atoms with Crippen LogP contribution in [0, 0.1) is 37.0 Å². The van der Waals surface area contributed by atoms with Crippen LogP contribution in [0.4, 0.5) is 5.69 Å². The number of benzene rings is 1. The monoisotopic (exact) mass is 438 g/mol. The van der Waals surface area contributed by atoms with E-state index in [1.165, 1.54) is 22.4 Å². The Kier molecular flexibility index (Phi) is 5.61. The molecule has 0 amide bonds. The molecule has 32 heavy (non-hydrogen) atoms. The minimum absolute atomic E-state index is 0.0951. The lowest BCUT2D eigenvalue weighted by atomic mass is 9.55. The largest absolute Gasteiger partial charge is 0.461 e. The molecule has 0 aromatic heterocycles. The van der Waals surface area contributed by atoms with E-state index < -0.39 is 6.10 Å². The second-order valence-electron chi connectivity index (χ2n) is 10.9. The summed E-state index contributed by atoms with van der Waals surface area (Å²) in [6.07, 6.45) is 4.59. The van der Waals surface area contributed by atoms with Gasteiger partial charge in [-0.3, -0.25) is 9.69 Å². The fourth-order valence-corrected chi connectivity index (χ4v) is 6.78. The highest BCUT2D eigenvalue weighted by atomic mass is 16.6. The van der Waals surface area contributed by atoms with Crippen molar-refractivity contribution < 1.29 is 14.6 Å². The third-order valence-electron chi connectivity index (χ3n) is 9.10. The number of hydrogen-bond donors (Lipinski definition) is 1. The molecule has 2 aliphatic heterocycles. The van der Waals surface area contributed by atoms with Crippen molar-refractivity contribution >= 4 is 11.7 Å². The average Bonchev–Trinajstić information content (AvgIpc) is 3.08. The van der Waals surface area contributed by atoms with Crippen molar-refractivity contribution in [3.8, 4) is 0 Å². The Balaban J connectivity index is 1.28. The zero-order valence-electron chi connectivity index (χ0n) is 20.0. The predicted molar refractivity (Wildman–Crippen MR) is 127 cm³/mol. The molecule has 0 spiro atoms. The molecular weight excluding hydrogens is 400 g/mol. The van der Waals surface area contributed by atoms with Crippen LogP contribution in [0.3, 0.4) is 0 Å². The van der Waals surface area contributed by atoms with E-state index in [0.29, 0.717) is 12.5 Å². The summed E-state index contributed by atoms with van der Waals surface area (Å²) in [4.78, 5) is 17.8. The molecule has 174 valence electrons. The molecule has 1 N–H and O–H groups in total. The number of carbonyl (C=O) groups is 1. The van der Waals surface area contributed by atoms with Gasteiger partial charge in [0.25, 0.3) is 0 Å². The zero-order valence-corrected chi connectivity index (χ0v) is 20.0. The fraction of sp³-hybridized carbons (Fsp3) is 0.667. The molecule has 1 aromatic rings. The van der Waals surface area contributed by atoms with Crippen LogP contribution in [0.25, 0.3) is 0 Å². The Morgan fingerprint density at radius 3 is 2.69 bits per heavy atom. The quantitative estimate of drug-likeness (QED) is 0.576. The van der Waals surface area contributed by atoms with Gasteiger partial charge in [0.2, 0.25) is 0 Å². The number of aryl methyl sites for hydroxylation is 2. The first-order valence-corrected chi connectivity index (χ1v) is 12.4. The molecule has 2 aliphatic carbocycles. The summed E-state index contributed by atoms with van der Waals surface area (Å²) in [5, 5.41) is 11.6. The molecule has 6 atom stereocenters. The third-order valence-corrected chi connectivity index (χ3v) is 9.10. The van der Waals surface area contributed by atoms with Gasteiger partial charge in [0.15, 0.2) is 0 Å². The smallest absolute Gasteiger partial charge is 0.311 e. The van der Waals surface area contributed by atoms with Crippen molar-refractivity contribution in [3.05, 3.63) is 41.0 Å². The van der Waals surface area contributed by atoms with E-state index in [1.54, 1.807) is 0 Å². The number of nitrogens with zero attached hydrogens (tertiary/aromatic N) is 2. The maximum absolute atomic E-state index is 12.9. The van der Waals surface area contributed by atoms with E-state index in [9.17, 15) is 9.90 Å². The van der Waals surface area contributed by atoms with Crippen molar-refractivity contribution in [1.82, 2.24) is 4.90 Å². The van der Waals surface area contributed by atoms with Gasteiger partial charge in [-0.15, -0.1) is 0 Å². The molecule has 4 aliphatic rings. The highest BCUT2D eigenvalue weighted by molar-refractivity contribution is 5.76. The van der Waals surface area contributed by atoms with Crippen LogP contribution in [-0.4, -0.2) is 60.9 Å². The number of allylic oxidation sites excluding steroid dienone is 1. The summed E-state index contributed by atoms with van der Waals surface area (Å²) in [6.45, 7) is 13.3. The Hall–Kier alpha value is -1.85. The first-order valence-electron chi connectivity index (χ1n) is 12.4. The number of carbonyl (C=O) groups excluding carboxylic acids is 1. The first-order chi connectivity index (χ1) is 15.3. The molecule has 0 bridgehead atoms. The van der Waals surface area contributed by atoms with E-state index in [2.05, 4.69) is 61.8 Å². The molecule has 0 unspecified atom stereocenters. The molecule has 2 saturated heterocycles. The number of fused-ring (bicyclic) bond motifs is 2. The van der Waals surface area contributed by atoms with Crippen LogP contribution in [0.1, 0.15) is 44.2 Å². The summed E-state index contributed by atoms with van der Waals surface area (Å²) < 4.78 is 5.86.